The lowest BCUT2D eigenvalue weighted by Gasteiger charge is -2.32. The van der Waals surface area contributed by atoms with E-state index in [4.69, 9.17) is 15.2 Å². The van der Waals surface area contributed by atoms with Gasteiger partial charge in [-0.1, -0.05) is 6.07 Å². The highest BCUT2D eigenvalue weighted by Crippen LogP contribution is 2.32. The summed E-state index contributed by atoms with van der Waals surface area (Å²) in [4.78, 5) is 26.0. The highest BCUT2D eigenvalue weighted by atomic mass is 32.2. The van der Waals surface area contributed by atoms with Crippen molar-refractivity contribution >= 4 is 27.5 Å². The van der Waals surface area contributed by atoms with E-state index in [1.54, 1.807) is 29.2 Å². The Bertz CT molecular complexity index is 1170. The number of ether oxygens (including phenoxy) is 2. The molecule has 1 fully saturated rings. The number of hydrogen-bond donors (Lipinski definition) is 2. The van der Waals surface area contributed by atoms with Gasteiger partial charge in [0.05, 0.1) is 18.1 Å². The molecule has 0 radical (unpaired) electrons. The summed E-state index contributed by atoms with van der Waals surface area (Å²) < 4.78 is 39.7. The monoisotopic (exact) mass is 487 g/mol. The molecule has 1 unspecified atom stereocenters. The minimum Gasteiger partial charge on any atom is -0.490 e. The molecule has 10 heteroatoms. The number of fused-ring (bicyclic) bond motifs is 1. The molecule has 0 spiro atoms. The molecule has 2 heterocycles. The average Bonchev–Trinajstić information content (AvgIpc) is 3.07. The van der Waals surface area contributed by atoms with Gasteiger partial charge in [-0.15, -0.1) is 0 Å². The first-order valence-electron chi connectivity index (χ1n) is 11.4. The summed E-state index contributed by atoms with van der Waals surface area (Å²) in [6.45, 7) is 2.15. The van der Waals surface area contributed by atoms with Crippen LogP contribution in [0, 0.1) is 5.92 Å². The predicted octanol–water partition coefficient (Wildman–Crippen LogP) is 2.77. The zero-order chi connectivity index (χ0) is 24.1. The normalized spacial score (nSPS) is 18.1. The van der Waals surface area contributed by atoms with Gasteiger partial charge >= 0.3 is 0 Å². The smallest absolute Gasteiger partial charge is 0.262 e. The molecule has 3 N–H and O–H groups in total. The van der Waals surface area contributed by atoms with Gasteiger partial charge in [0, 0.05) is 43.2 Å². The molecule has 2 aromatic carbocycles. The van der Waals surface area contributed by atoms with Crippen LogP contribution in [-0.4, -0.2) is 51.4 Å². The molecular weight excluding hydrogens is 458 g/mol. The number of carbonyl (C=O) groups excluding carboxylic acids is 2. The summed E-state index contributed by atoms with van der Waals surface area (Å²) in [6.07, 6.45) is 3.50. The third-order valence-corrected chi connectivity index (χ3v) is 7.38. The Hall–Kier alpha value is -3.27. The second-order valence-corrected chi connectivity index (χ2v) is 10.3. The van der Waals surface area contributed by atoms with Crippen LogP contribution < -0.4 is 19.9 Å². The van der Waals surface area contributed by atoms with Gasteiger partial charge < -0.3 is 20.1 Å². The lowest BCUT2D eigenvalue weighted by molar-refractivity contribution is -0.118. The van der Waals surface area contributed by atoms with E-state index in [1.165, 1.54) is 18.2 Å². The Morgan fingerprint density at radius 2 is 1.85 bits per heavy atom. The number of anilines is 1. The summed E-state index contributed by atoms with van der Waals surface area (Å²) in [5, 5.41) is 0. The van der Waals surface area contributed by atoms with E-state index >= 15 is 0 Å². The van der Waals surface area contributed by atoms with Gasteiger partial charge in [0.15, 0.2) is 11.5 Å². The summed E-state index contributed by atoms with van der Waals surface area (Å²) in [6, 6.07) is 10.9. The zero-order valence-corrected chi connectivity index (χ0v) is 19.7. The molecule has 0 saturated carbocycles. The Labute approximate surface area is 199 Å². The molecule has 0 aromatic heterocycles. The fourth-order valence-electron chi connectivity index (χ4n) is 4.25. The lowest BCUT2D eigenvalue weighted by atomic mass is 9.93. The number of nitrogens with two attached hydrogens (primary N) is 1. The van der Waals surface area contributed by atoms with Crippen molar-refractivity contribution in [3.05, 3.63) is 48.0 Å². The number of rotatable bonds is 7. The number of piperidine rings is 1. The zero-order valence-electron chi connectivity index (χ0n) is 18.9. The Kier molecular flexibility index (Phi) is 7.26. The second kappa shape index (κ2) is 10.3. The van der Waals surface area contributed by atoms with Crippen molar-refractivity contribution in [3.8, 4) is 11.5 Å². The summed E-state index contributed by atoms with van der Waals surface area (Å²) in [5.74, 6) is 0.628. The highest BCUT2D eigenvalue weighted by molar-refractivity contribution is 7.92. The minimum atomic E-state index is -3.90. The van der Waals surface area contributed by atoms with Crippen molar-refractivity contribution in [1.29, 1.82) is 0 Å². The first-order valence-corrected chi connectivity index (χ1v) is 12.9. The number of likely N-dealkylation sites (tertiary alicyclic amines) is 1. The van der Waals surface area contributed by atoms with E-state index in [-0.39, 0.29) is 22.6 Å². The molecular formula is C24H29N3O6S. The van der Waals surface area contributed by atoms with Crippen LogP contribution in [-0.2, 0) is 14.8 Å². The molecule has 9 nitrogen and oxygen atoms in total. The van der Waals surface area contributed by atoms with Gasteiger partial charge in [0.2, 0.25) is 5.91 Å². The number of carbonyl (C=O) groups is 2. The predicted molar refractivity (Wildman–Crippen MR) is 126 cm³/mol. The van der Waals surface area contributed by atoms with E-state index in [2.05, 4.69) is 4.72 Å². The van der Waals surface area contributed by atoms with Crippen molar-refractivity contribution < 1.29 is 27.5 Å². The van der Waals surface area contributed by atoms with Crippen molar-refractivity contribution in [1.82, 2.24) is 4.90 Å². The van der Waals surface area contributed by atoms with Crippen LogP contribution in [0.25, 0.3) is 0 Å². The van der Waals surface area contributed by atoms with Crippen molar-refractivity contribution in [2.24, 2.45) is 11.7 Å². The van der Waals surface area contributed by atoms with Gasteiger partial charge in [-0.05, 0) is 55.5 Å². The van der Waals surface area contributed by atoms with E-state index in [1.807, 2.05) is 0 Å². The van der Waals surface area contributed by atoms with E-state index in [9.17, 15) is 18.0 Å². The Balaban J connectivity index is 1.46. The van der Waals surface area contributed by atoms with E-state index < -0.39 is 10.0 Å². The van der Waals surface area contributed by atoms with E-state index in [0.717, 1.165) is 19.3 Å². The lowest BCUT2D eigenvalue weighted by Crippen LogP contribution is -2.40. The number of nitrogens with one attached hydrogen (secondary N) is 1. The third kappa shape index (κ3) is 5.80. The Morgan fingerprint density at radius 3 is 2.65 bits per heavy atom. The fraction of sp³-hybridized carbons (Fsp3) is 0.417. The summed E-state index contributed by atoms with van der Waals surface area (Å²) in [7, 11) is -3.90. The molecule has 34 heavy (non-hydrogen) atoms. The molecule has 2 amide bonds. The maximum atomic E-state index is 13.1. The number of benzene rings is 2. The first kappa shape index (κ1) is 23.9. The van der Waals surface area contributed by atoms with Gasteiger partial charge in [0.1, 0.15) is 0 Å². The molecule has 0 bridgehead atoms. The molecule has 182 valence electrons. The van der Waals surface area contributed by atoms with Crippen LogP contribution in [0.1, 0.15) is 42.5 Å². The van der Waals surface area contributed by atoms with E-state index in [0.29, 0.717) is 61.9 Å². The van der Waals surface area contributed by atoms with Crippen LogP contribution in [0.15, 0.2) is 47.4 Å². The van der Waals surface area contributed by atoms with Crippen molar-refractivity contribution in [3.63, 3.8) is 0 Å². The van der Waals surface area contributed by atoms with Gasteiger partial charge in [-0.2, -0.15) is 0 Å². The molecule has 1 atom stereocenters. The Morgan fingerprint density at radius 1 is 1.06 bits per heavy atom. The summed E-state index contributed by atoms with van der Waals surface area (Å²) >= 11 is 0. The van der Waals surface area contributed by atoms with Gasteiger partial charge in [-0.25, -0.2) is 8.42 Å². The van der Waals surface area contributed by atoms with Crippen LogP contribution in [0.3, 0.4) is 0 Å². The second-order valence-electron chi connectivity index (χ2n) is 8.61. The SMILES string of the molecule is NC(=O)CCC1CCCN(C(=O)c2cccc(NS(=O)(=O)c3ccc4c(c3)OCCCO4)c2)C1. The molecule has 2 aromatic rings. The molecule has 2 aliphatic rings. The third-order valence-electron chi connectivity index (χ3n) is 6.00. The fourth-order valence-corrected chi connectivity index (χ4v) is 5.32. The van der Waals surface area contributed by atoms with Crippen LogP contribution >= 0.6 is 0 Å². The highest BCUT2D eigenvalue weighted by Gasteiger charge is 2.25. The number of hydrogen-bond acceptors (Lipinski definition) is 6. The minimum absolute atomic E-state index is 0.0433. The maximum absolute atomic E-state index is 13.1. The summed E-state index contributed by atoms with van der Waals surface area (Å²) in [5.41, 5.74) is 5.95. The van der Waals surface area contributed by atoms with Crippen molar-refractivity contribution in [2.75, 3.05) is 31.0 Å². The largest absolute Gasteiger partial charge is 0.490 e. The maximum Gasteiger partial charge on any atom is 0.262 e. The molecule has 4 rings (SSSR count). The number of nitrogens with zero attached hydrogens (tertiary/aromatic N) is 1. The molecule has 0 aliphatic carbocycles. The first-order chi connectivity index (χ1) is 16.3. The van der Waals surface area contributed by atoms with Crippen LogP contribution in [0.2, 0.25) is 0 Å². The van der Waals surface area contributed by atoms with Gasteiger partial charge in [-0.3, -0.25) is 14.3 Å². The van der Waals surface area contributed by atoms with Crippen molar-refractivity contribution in [2.45, 2.75) is 37.0 Å². The standard InChI is InChI=1S/C24H29N3O6S/c25-23(28)10-7-17-4-2-11-27(16-17)24(29)18-5-1-6-19(14-18)26-34(30,31)20-8-9-21-22(15-20)33-13-3-12-32-21/h1,5-6,8-9,14-15,17,26H,2-4,7,10-13,16H2,(H2,25,28). The molecule has 1 saturated heterocycles. The average molecular weight is 488 g/mol. The topological polar surface area (TPSA) is 128 Å². The van der Waals surface area contributed by atoms with Crippen LogP contribution in [0.4, 0.5) is 5.69 Å². The number of sulfonamides is 1. The van der Waals surface area contributed by atoms with Gasteiger partial charge in [0.25, 0.3) is 15.9 Å². The van der Waals surface area contributed by atoms with Crippen LogP contribution in [0.5, 0.6) is 11.5 Å². The molecule has 2 aliphatic heterocycles. The quantitative estimate of drug-likeness (QED) is 0.618. The number of amides is 2. The number of primary amides is 1.